The van der Waals surface area contributed by atoms with Gasteiger partial charge in [0.05, 0.1) is 6.61 Å². The topological polar surface area (TPSA) is 47.9 Å². The van der Waals surface area contributed by atoms with Crippen LogP contribution in [0, 0.1) is 0 Å². The molecule has 2 aromatic rings. The largest absolute Gasteiger partial charge is 0.494 e. The van der Waals surface area contributed by atoms with Crippen LogP contribution in [0.15, 0.2) is 30.6 Å². The van der Waals surface area contributed by atoms with Crippen LogP contribution in [0.3, 0.4) is 0 Å². The molecule has 1 aromatic heterocycles. The summed E-state index contributed by atoms with van der Waals surface area (Å²) < 4.78 is 3.95. The highest BCUT2D eigenvalue weighted by atomic mass is 35.6. The molecule has 0 saturated heterocycles. The molecule has 0 saturated carbocycles. The van der Waals surface area contributed by atoms with Gasteiger partial charge in [0, 0.05) is 0 Å². The Bertz CT molecular complexity index is 654. The highest BCUT2D eigenvalue weighted by Crippen LogP contribution is 2.35. The Morgan fingerprint density at radius 2 is 1.83 bits per heavy atom. The maximum Gasteiger partial charge on any atom is 0.250 e. The zero-order chi connectivity index (χ0) is 16.7. The van der Waals surface area contributed by atoms with Gasteiger partial charge in [-0.2, -0.15) is 0 Å². The SMILES string of the molecule is CCCCOc1ccc(C=Cc2ncnc(C(Cl)(Cl)Cl)n2)cc1. The van der Waals surface area contributed by atoms with E-state index in [1.165, 1.54) is 6.33 Å². The average molecular weight is 373 g/mol. The Hall–Kier alpha value is -1.36. The monoisotopic (exact) mass is 371 g/mol. The second-order valence-electron chi connectivity index (χ2n) is 4.77. The predicted molar refractivity (Wildman–Crippen MR) is 94.8 cm³/mol. The van der Waals surface area contributed by atoms with Gasteiger partial charge in [0.25, 0.3) is 0 Å². The lowest BCUT2D eigenvalue weighted by molar-refractivity contribution is 0.309. The fraction of sp³-hybridized carbons (Fsp3) is 0.312. The van der Waals surface area contributed by atoms with Gasteiger partial charge >= 0.3 is 0 Å². The highest BCUT2D eigenvalue weighted by Gasteiger charge is 2.26. The van der Waals surface area contributed by atoms with Gasteiger partial charge in [0.1, 0.15) is 12.1 Å². The molecule has 1 heterocycles. The van der Waals surface area contributed by atoms with Crippen LogP contribution in [0.4, 0.5) is 0 Å². The summed E-state index contributed by atoms with van der Waals surface area (Å²) in [5.41, 5.74) is 0.990. The molecule has 0 atom stereocenters. The second-order valence-corrected chi connectivity index (χ2v) is 7.05. The summed E-state index contributed by atoms with van der Waals surface area (Å²) in [5.74, 6) is 1.37. The van der Waals surface area contributed by atoms with E-state index in [1.54, 1.807) is 6.08 Å². The van der Waals surface area contributed by atoms with E-state index < -0.39 is 3.79 Å². The number of hydrogen-bond acceptors (Lipinski definition) is 4. The number of alkyl halides is 3. The maximum atomic E-state index is 5.76. The number of halogens is 3. The van der Waals surface area contributed by atoms with Crippen molar-refractivity contribution < 1.29 is 4.74 Å². The molecule has 0 unspecified atom stereocenters. The number of unbranched alkanes of at least 4 members (excludes halogenated alkanes) is 1. The number of hydrogen-bond donors (Lipinski definition) is 0. The zero-order valence-electron chi connectivity index (χ0n) is 12.5. The minimum absolute atomic E-state index is 0.0943. The molecule has 0 N–H and O–H groups in total. The van der Waals surface area contributed by atoms with Crippen LogP contribution in [0.25, 0.3) is 12.2 Å². The molecule has 0 fully saturated rings. The van der Waals surface area contributed by atoms with Crippen LogP contribution in [0.5, 0.6) is 5.75 Å². The van der Waals surface area contributed by atoms with Crippen molar-refractivity contribution in [3.63, 3.8) is 0 Å². The molecular formula is C16H16Cl3N3O. The van der Waals surface area contributed by atoms with Crippen LogP contribution < -0.4 is 4.74 Å². The van der Waals surface area contributed by atoms with Crippen LogP contribution in [0.2, 0.25) is 0 Å². The quantitative estimate of drug-likeness (QED) is 0.526. The minimum Gasteiger partial charge on any atom is -0.494 e. The molecular weight excluding hydrogens is 357 g/mol. The first-order valence-corrected chi connectivity index (χ1v) is 8.29. The molecule has 0 aliphatic heterocycles. The lowest BCUT2D eigenvalue weighted by Gasteiger charge is -2.08. The third-order valence-electron chi connectivity index (χ3n) is 2.92. The summed E-state index contributed by atoms with van der Waals surface area (Å²) in [6.45, 7) is 2.86. The van der Waals surface area contributed by atoms with Gasteiger partial charge in [0.15, 0.2) is 11.6 Å². The van der Waals surface area contributed by atoms with E-state index in [0.717, 1.165) is 30.8 Å². The van der Waals surface area contributed by atoms with Gasteiger partial charge in [-0.15, -0.1) is 0 Å². The lowest BCUT2D eigenvalue weighted by Crippen LogP contribution is -2.08. The first-order chi connectivity index (χ1) is 11.0. The van der Waals surface area contributed by atoms with E-state index in [-0.39, 0.29) is 5.82 Å². The molecule has 0 radical (unpaired) electrons. The molecule has 7 heteroatoms. The van der Waals surface area contributed by atoms with Crippen molar-refractivity contribution in [3.05, 3.63) is 47.8 Å². The molecule has 23 heavy (non-hydrogen) atoms. The third-order valence-corrected chi connectivity index (χ3v) is 3.42. The van der Waals surface area contributed by atoms with Crippen molar-refractivity contribution >= 4 is 47.0 Å². The molecule has 2 rings (SSSR count). The molecule has 1 aromatic carbocycles. The number of aromatic nitrogens is 3. The van der Waals surface area contributed by atoms with E-state index in [4.69, 9.17) is 39.5 Å². The smallest absolute Gasteiger partial charge is 0.250 e. The van der Waals surface area contributed by atoms with Crippen molar-refractivity contribution in [1.29, 1.82) is 0 Å². The number of ether oxygens (including phenoxy) is 1. The number of nitrogens with zero attached hydrogens (tertiary/aromatic N) is 3. The minimum atomic E-state index is -1.66. The molecule has 0 bridgehead atoms. The van der Waals surface area contributed by atoms with E-state index in [2.05, 4.69) is 21.9 Å². The summed E-state index contributed by atoms with van der Waals surface area (Å²) in [6.07, 6.45) is 7.08. The lowest BCUT2D eigenvalue weighted by atomic mass is 10.2. The Morgan fingerprint density at radius 3 is 2.48 bits per heavy atom. The van der Waals surface area contributed by atoms with Crippen molar-refractivity contribution in [2.24, 2.45) is 0 Å². The fourth-order valence-corrected chi connectivity index (χ4v) is 1.98. The summed E-state index contributed by atoms with van der Waals surface area (Å²) in [6, 6.07) is 7.76. The molecule has 0 aliphatic carbocycles. The van der Waals surface area contributed by atoms with Gasteiger partial charge in [-0.3, -0.25) is 0 Å². The van der Waals surface area contributed by atoms with E-state index in [0.29, 0.717) is 5.82 Å². The van der Waals surface area contributed by atoms with Crippen molar-refractivity contribution in [3.8, 4) is 5.75 Å². The van der Waals surface area contributed by atoms with Crippen LogP contribution in [0.1, 0.15) is 37.0 Å². The fourth-order valence-electron chi connectivity index (χ4n) is 1.71. The zero-order valence-corrected chi connectivity index (χ0v) is 14.8. The number of rotatable bonds is 6. The standard InChI is InChI=1S/C16H16Cl3N3O/c1-2-3-10-23-13-7-4-12(5-8-13)6-9-14-20-11-21-15(22-14)16(17,18)19/h4-9,11H,2-3,10H2,1H3. The molecule has 0 amide bonds. The molecule has 122 valence electrons. The van der Waals surface area contributed by atoms with Crippen molar-refractivity contribution in [2.45, 2.75) is 23.6 Å². The second kappa shape index (κ2) is 8.48. The summed E-state index contributed by atoms with van der Waals surface area (Å²) >= 11 is 17.3. The normalized spacial score (nSPS) is 11.8. The third kappa shape index (κ3) is 5.98. The van der Waals surface area contributed by atoms with Gasteiger partial charge < -0.3 is 4.74 Å². The summed E-state index contributed by atoms with van der Waals surface area (Å²) in [4.78, 5) is 12.0. The average Bonchev–Trinajstić information content (AvgIpc) is 2.54. The Labute approximate surface area is 150 Å². The Kier molecular flexibility index (Phi) is 6.63. The number of benzene rings is 1. The Morgan fingerprint density at radius 1 is 1.09 bits per heavy atom. The summed E-state index contributed by atoms with van der Waals surface area (Å²) in [7, 11) is 0. The van der Waals surface area contributed by atoms with Crippen LogP contribution in [-0.4, -0.2) is 21.6 Å². The van der Waals surface area contributed by atoms with E-state index in [9.17, 15) is 0 Å². The van der Waals surface area contributed by atoms with Crippen molar-refractivity contribution in [1.82, 2.24) is 15.0 Å². The van der Waals surface area contributed by atoms with E-state index >= 15 is 0 Å². The van der Waals surface area contributed by atoms with Gasteiger partial charge in [-0.1, -0.05) is 66.4 Å². The van der Waals surface area contributed by atoms with Crippen LogP contribution in [-0.2, 0) is 3.79 Å². The molecule has 4 nitrogen and oxygen atoms in total. The van der Waals surface area contributed by atoms with Crippen LogP contribution >= 0.6 is 34.8 Å². The maximum absolute atomic E-state index is 5.76. The van der Waals surface area contributed by atoms with Gasteiger partial charge in [-0.05, 0) is 30.2 Å². The van der Waals surface area contributed by atoms with Gasteiger partial charge in [-0.25, -0.2) is 15.0 Å². The molecule has 0 spiro atoms. The molecule has 0 aliphatic rings. The predicted octanol–water partition coefficient (Wildman–Crippen LogP) is 5.05. The first-order valence-electron chi connectivity index (χ1n) is 7.16. The van der Waals surface area contributed by atoms with Gasteiger partial charge in [0.2, 0.25) is 3.79 Å². The Balaban J connectivity index is 2.03. The van der Waals surface area contributed by atoms with E-state index in [1.807, 2.05) is 30.3 Å². The van der Waals surface area contributed by atoms with Crippen molar-refractivity contribution in [2.75, 3.05) is 6.61 Å². The summed E-state index contributed by atoms with van der Waals surface area (Å²) in [5, 5.41) is 0. The highest BCUT2D eigenvalue weighted by molar-refractivity contribution is 6.66. The first kappa shape index (κ1) is 18.0.